The van der Waals surface area contributed by atoms with Gasteiger partial charge in [0.2, 0.25) is 0 Å². The predicted molar refractivity (Wildman–Crippen MR) is 64.8 cm³/mol. The van der Waals surface area contributed by atoms with Gasteiger partial charge in [0.1, 0.15) is 0 Å². The first kappa shape index (κ1) is 10.9. The molecule has 1 aromatic rings. The Morgan fingerprint density at radius 3 is 2.93 bits per heavy atom. The first-order chi connectivity index (χ1) is 7.15. The van der Waals surface area contributed by atoms with Crippen LogP contribution in [0.1, 0.15) is 31.1 Å². The second-order valence-electron chi connectivity index (χ2n) is 4.65. The fraction of sp³-hybridized carbons (Fsp3) is 0.727. The Morgan fingerprint density at radius 2 is 2.40 bits per heavy atom. The highest BCUT2D eigenvalue weighted by molar-refractivity contribution is 7.15. The minimum Gasteiger partial charge on any atom is -0.375 e. The molecule has 2 unspecified atom stereocenters. The van der Waals surface area contributed by atoms with Crippen molar-refractivity contribution in [1.29, 1.82) is 0 Å². The highest BCUT2D eigenvalue weighted by atomic mass is 32.1. The van der Waals surface area contributed by atoms with E-state index in [4.69, 9.17) is 5.73 Å². The van der Waals surface area contributed by atoms with Crippen LogP contribution < -0.4 is 5.73 Å². The molecule has 1 aliphatic rings. The van der Waals surface area contributed by atoms with Crippen LogP contribution in [0.25, 0.3) is 0 Å². The van der Waals surface area contributed by atoms with Gasteiger partial charge in [-0.3, -0.25) is 4.90 Å². The summed E-state index contributed by atoms with van der Waals surface area (Å²) in [5.41, 5.74) is 5.62. The van der Waals surface area contributed by atoms with Crippen molar-refractivity contribution in [2.24, 2.45) is 5.92 Å². The van der Waals surface area contributed by atoms with Gasteiger partial charge in [-0.2, -0.15) is 0 Å². The van der Waals surface area contributed by atoms with Gasteiger partial charge in [-0.1, -0.05) is 6.92 Å². The van der Waals surface area contributed by atoms with Gasteiger partial charge in [0.25, 0.3) is 0 Å². The van der Waals surface area contributed by atoms with Gasteiger partial charge in [-0.05, 0) is 32.2 Å². The quantitative estimate of drug-likeness (QED) is 0.858. The molecular weight excluding hydrogens is 206 g/mol. The van der Waals surface area contributed by atoms with Crippen molar-refractivity contribution in [1.82, 2.24) is 9.88 Å². The highest BCUT2D eigenvalue weighted by Crippen LogP contribution is 2.29. The van der Waals surface area contributed by atoms with Crippen LogP contribution in [-0.4, -0.2) is 23.0 Å². The number of rotatable bonds is 3. The zero-order chi connectivity index (χ0) is 10.8. The van der Waals surface area contributed by atoms with Crippen LogP contribution >= 0.6 is 11.3 Å². The lowest BCUT2D eigenvalue weighted by Crippen LogP contribution is -2.28. The Balaban J connectivity index is 1.89. The number of nitrogens with two attached hydrogens (primary N) is 1. The molecule has 0 aromatic carbocycles. The second kappa shape index (κ2) is 4.49. The predicted octanol–water partition coefficient (Wildman–Crippen LogP) is 2.35. The number of hydrogen-bond donors (Lipinski definition) is 1. The Bertz CT molecular complexity index is 323. The molecular formula is C11H19N3S. The summed E-state index contributed by atoms with van der Waals surface area (Å²) in [4.78, 5) is 7.79. The van der Waals surface area contributed by atoms with Crippen molar-refractivity contribution in [3.63, 3.8) is 0 Å². The summed E-state index contributed by atoms with van der Waals surface area (Å²) in [6.07, 6.45) is 5.95. The third-order valence-electron chi connectivity index (χ3n) is 3.27. The molecule has 0 bridgehead atoms. The maximum atomic E-state index is 5.62. The molecule has 0 spiro atoms. The van der Waals surface area contributed by atoms with Crippen molar-refractivity contribution < 1.29 is 0 Å². The largest absolute Gasteiger partial charge is 0.375 e. The zero-order valence-corrected chi connectivity index (χ0v) is 10.3. The van der Waals surface area contributed by atoms with E-state index in [1.165, 1.54) is 24.1 Å². The minimum absolute atomic E-state index is 0.679. The molecule has 0 amide bonds. The summed E-state index contributed by atoms with van der Waals surface area (Å²) in [6, 6.07) is 0.753. The topological polar surface area (TPSA) is 42.2 Å². The lowest BCUT2D eigenvalue weighted by molar-refractivity contribution is 0.235. The number of nitrogens with zero attached hydrogens (tertiary/aromatic N) is 2. The average Bonchev–Trinajstić information content (AvgIpc) is 2.75. The van der Waals surface area contributed by atoms with Gasteiger partial charge in [0, 0.05) is 23.7 Å². The SMILES string of the molecule is CC1CCC(N(C)Cc2cnc(N)s2)C1. The van der Waals surface area contributed by atoms with E-state index >= 15 is 0 Å². The van der Waals surface area contributed by atoms with Crippen LogP contribution in [0.15, 0.2) is 6.20 Å². The van der Waals surface area contributed by atoms with E-state index in [1.54, 1.807) is 11.3 Å². The van der Waals surface area contributed by atoms with Crippen molar-refractivity contribution in [3.8, 4) is 0 Å². The fourth-order valence-electron chi connectivity index (χ4n) is 2.35. The van der Waals surface area contributed by atoms with E-state index in [1.807, 2.05) is 6.20 Å². The van der Waals surface area contributed by atoms with E-state index < -0.39 is 0 Å². The third-order valence-corrected chi connectivity index (χ3v) is 4.08. The van der Waals surface area contributed by atoms with Crippen LogP contribution in [-0.2, 0) is 6.54 Å². The number of aromatic nitrogens is 1. The van der Waals surface area contributed by atoms with E-state index in [0.29, 0.717) is 5.13 Å². The van der Waals surface area contributed by atoms with E-state index in [-0.39, 0.29) is 0 Å². The Kier molecular flexibility index (Phi) is 3.26. The standard InChI is InChI=1S/C11H19N3S/c1-8-3-4-9(5-8)14(2)7-10-6-13-11(12)15-10/h6,8-9H,3-5,7H2,1-2H3,(H2,12,13). The van der Waals surface area contributed by atoms with E-state index in [2.05, 4.69) is 23.9 Å². The fourth-order valence-corrected chi connectivity index (χ4v) is 3.10. The van der Waals surface area contributed by atoms with Crippen molar-refractivity contribution in [3.05, 3.63) is 11.1 Å². The Hall–Kier alpha value is -0.610. The Morgan fingerprint density at radius 1 is 1.60 bits per heavy atom. The summed E-state index contributed by atoms with van der Waals surface area (Å²) in [5, 5.41) is 0.679. The highest BCUT2D eigenvalue weighted by Gasteiger charge is 2.24. The molecule has 0 radical (unpaired) electrons. The molecule has 1 heterocycles. The molecule has 0 saturated heterocycles. The van der Waals surface area contributed by atoms with Crippen LogP contribution in [0.4, 0.5) is 5.13 Å². The Labute approximate surface area is 95.3 Å². The summed E-state index contributed by atoms with van der Waals surface area (Å²) in [7, 11) is 2.21. The molecule has 2 rings (SSSR count). The first-order valence-electron chi connectivity index (χ1n) is 5.55. The number of anilines is 1. The molecule has 1 fully saturated rings. The molecule has 0 aliphatic heterocycles. The molecule has 1 saturated carbocycles. The number of thiazole rings is 1. The van der Waals surface area contributed by atoms with Gasteiger partial charge in [-0.15, -0.1) is 11.3 Å². The van der Waals surface area contributed by atoms with Crippen LogP contribution in [0.3, 0.4) is 0 Å². The van der Waals surface area contributed by atoms with Gasteiger partial charge in [-0.25, -0.2) is 4.98 Å². The minimum atomic E-state index is 0.679. The van der Waals surface area contributed by atoms with Crippen LogP contribution in [0.5, 0.6) is 0 Å². The molecule has 2 N–H and O–H groups in total. The first-order valence-corrected chi connectivity index (χ1v) is 6.37. The zero-order valence-electron chi connectivity index (χ0n) is 9.44. The van der Waals surface area contributed by atoms with Crippen LogP contribution in [0.2, 0.25) is 0 Å². The van der Waals surface area contributed by atoms with Gasteiger partial charge in [0.05, 0.1) is 0 Å². The lowest BCUT2D eigenvalue weighted by atomic mass is 10.1. The molecule has 1 aliphatic carbocycles. The smallest absolute Gasteiger partial charge is 0.180 e. The van der Waals surface area contributed by atoms with Crippen molar-refractivity contribution in [2.45, 2.75) is 38.8 Å². The van der Waals surface area contributed by atoms with Crippen molar-refractivity contribution in [2.75, 3.05) is 12.8 Å². The molecule has 2 atom stereocenters. The number of hydrogen-bond acceptors (Lipinski definition) is 4. The summed E-state index contributed by atoms with van der Waals surface area (Å²) in [6.45, 7) is 3.34. The maximum absolute atomic E-state index is 5.62. The maximum Gasteiger partial charge on any atom is 0.180 e. The monoisotopic (exact) mass is 225 g/mol. The molecule has 1 aromatic heterocycles. The van der Waals surface area contributed by atoms with Crippen LogP contribution in [0, 0.1) is 5.92 Å². The van der Waals surface area contributed by atoms with E-state index in [9.17, 15) is 0 Å². The lowest BCUT2D eigenvalue weighted by Gasteiger charge is -2.23. The van der Waals surface area contributed by atoms with Gasteiger partial charge in [0.15, 0.2) is 5.13 Å². The van der Waals surface area contributed by atoms with Crippen molar-refractivity contribution >= 4 is 16.5 Å². The molecule has 15 heavy (non-hydrogen) atoms. The summed E-state index contributed by atoms with van der Waals surface area (Å²) >= 11 is 1.60. The normalized spacial score (nSPS) is 26.3. The molecule has 84 valence electrons. The second-order valence-corrected chi connectivity index (χ2v) is 5.80. The third kappa shape index (κ3) is 2.69. The number of nitrogen functional groups attached to an aromatic ring is 1. The molecule has 4 heteroatoms. The summed E-state index contributed by atoms with van der Waals surface area (Å²) < 4.78 is 0. The summed E-state index contributed by atoms with van der Waals surface area (Å²) in [5.74, 6) is 0.893. The van der Waals surface area contributed by atoms with Gasteiger partial charge >= 0.3 is 0 Å². The van der Waals surface area contributed by atoms with E-state index in [0.717, 1.165) is 18.5 Å². The average molecular weight is 225 g/mol. The molecule has 3 nitrogen and oxygen atoms in total. The van der Waals surface area contributed by atoms with Gasteiger partial charge < -0.3 is 5.73 Å².